The van der Waals surface area contributed by atoms with Crippen molar-refractivity contribution in [3.8, 4) is 11.5 Å². The lowest BCUT2D eigenvalue weighted by Crippen LogP contribution is -2.32. The molecule has 5 nitrogen and oxygen atoms in total. The highest BCUT2D eigenvalue weighted by Crippen LogP contribution is 2.22. The van der Waals surface area contributed by atoms with Crippen LogP contribution in [0.4, 0.5) is 0 Å². The Morgan fingerprint density at radius 3 is 2.89 bits per heavy atom. The van der Waals surface area contributed by atoms with Crippen molar-refractivity contribution in [1.82, 2.24) is 10.6 Å². The Hall–Kier alpha value is -1.75. The zero-order valence-electron chi connectivity index (χ0n) is 10.4. The Morgan fingerprint density at radius 1 is 1.44 bits per heavy atom. The molecule has 2 rings (SSSR count). The minimum absolute atomic E-state index is 0.0385. The Balaban J connectivity index is 1.86. The minimum atomic E-state index is -0.288. The second-order valence-electron chi connectivity index (χ2n) is 4.37. The smallest absolute Gasteiger partial charge is 0.255 e. The van der Waals surface area contributed by atoms with E-state index in [0.717, 1.165) is 6.54 Å². The van der Waals surface area contributed by atoms with Crippen molar-refractivity contribution in [3.05, 3.63) is 23.8 Å². The zero-order chi connectivity index (χ0) is 13.0. The molecule has 98 valence electrons. The van der Waals surface area contributed by atoms with Gasteiger partial charge >= 0.3 is 0 Å². The number of phenolic OH excluding ortho intramolecular Hbond substituents is 1. The van der Waals surface area contributed by atoms with Gasteiger partial charge in [-0.2, -0.15) is 0 Å². The number of carbonyl (C=O) groups is 1. The summed E-state index contributed by atoms with van der Waals surface area (Å²) in [6.07, 6.45) is 2.45. The highest BCUT2D eigenvalue weighted by atomic mass is 16.5. The molecule has 1 saturated carbocycles. The first kappa shape index (κ1) is 12.7. The van der Waals surface area contributed by atoms with Crippen LogP contribution in [0.15, 0.2) is 18.2 Å². The van der Waals surface area contributed by atoms with Gasteiger partial charge in [0.2, 0.25) is 0 Å². The van der Waals surface area contributed by atoms with Crippen LogP contribution in [0.25, 0.3) is 0 Å². The monoisotopic (exact) mass is 250 g/mol. The third kappa shape index (κ3) is 3.37. The number of hydrogen-bond donors (Lipinski definition) is 3. The molecule has 5 heteroatoms. The van der Waals surface area contributed by atoms with Crippen molar-refractivity contribution >= 4 is 5.91 Å². The highest BCUT2D eigenvalue weighted by Gasteiger charge is 2.19. The molecule has 0 aromatic heterocycles. The maximum Gasteiger partial charge on any atom is 0.255 e. The van der Waals surface area contributed by atoms with E-state index in [4.69, 9.17) is 4.74 Å². The van der Waals surface area contributed by atoms with Gasteiger partial charge < -0.3 is 20.5 Å². The minimum Gasteiger partial charge on any atom is -0.507 e. The first-order valence-electron chi connectivity index (χ1n) is 6.09. The molecule has 0 unspecified atom stereocenters. The zero-order valence-corrected chi connectivity index (χ0v) is 10.4. The molecule has 18 heavy (non-hydrogen) atoms. The fraction of sp³-hybridized carbons (Fsp3) is 0.462. The maximum absolute atomic E-state index is 11.8. The van der Waals surface area contributed by atoms with Gasteiger partial charge in [0.1, 0.15) is 11.5 Å². The average molecular weight is 250 g/mol. The van der Waals surface area contributed by atoms with Gasteiger partial charge in [0.05, 0.1) is 12.7 Å². The lowest BCUT2D eigenvalue weighted by molar-refractivity contribution is 0.0951. The number of nitrogens with one attached hydrogen (secondary N) is 2. The van der Waals surface area contributed by atoms with E-state index >= 15 is 0 Å². The number of hydrogen-bond acceptors (Lipinski definition) is 4. The summed E-state index contributed by atoms with van der Waals surface area (Å²) in [7, 11) is 1.52. The molecule has 1 aromatic rings. The van der Waals surface area contributed by atoms with E-state index in [1.807, 2.05) is 0 Å². The number of methoxy groups -OCH3 is 1. The molecule has 1 aliphatic rings. The number of amides is 1. The van der Waals surface area contributed by atoms with E-state index < -0.39 is 0 Å². The summed E-state index contributed by atoms with van der Waals surface area (Å²) in [6.45, 7) is 1.30. The summed E-state index contributed by atoms with van der Waals surface area (Å²) in [4.78, 5) is 11.8. The summed E-state index contributed by atoms with van der Waals surface area (Å²) < 4.78 is 5.02. The fourth-order valence-corrected chi connectivity index (χ4v) is 1.66. The van der Waals surface area contributed by atoms with E-state index in [2.05, 4.69) is 10.6 Å². The molecule has 1 fully saturated rings. The van der Waals surface area contributed by atoms with Crippen LogP contribution >= 0.6 is 0 Å². The first-order valence-corrected chi connectivity index (χ1v) is 6.09. The van der Waals surface area contributed by atoms with Crippen molar-refractivity contribution in [1.29, 1.82) is 0 Å². The molecule has 0 atom stereocenters. The second-order valence-corrected chi connectivity index (χ2v) is 4.37. The van der Waals surface area contributed by atoms with Crippen LogP contribution in [-0.4, -0.2) is 37.3 Å². The molecule has 0 spiro atoms. The number of aromatic hydroxyl groups is 1. The van der Waals surface area contributed by atoms with Gasteiger partial charge in [0.25, 0.3) is 5.91 Å². The van der Waals surface area contributed by atoms with Crippen molar-refractivity contribution in [3.63, 3.8) is 0 Å². The number of ether oxygens (including phenoxy) is 1. The number of phenols is 1. The summed E-state index contributed by atoms with van der Waals surface area (Å²) >= 11 is 0. The van der Waals surface area contributed by atoms with E-state index in [-0.39, 0.29) is 17.2 Å². The molecule has 1 amide bonds. The largest absolute Gasteiger partial charge is 0.507 e. The number of carbonyl (C=O) groups excluding carboxylic acids is 1. The van der Waals surface area contributed by atoms with Crippen LogP contribution < -0.4 is 15.4 Å². The van der Waals surface area contributed by atoms with E-state index in [1.165, 1.54) is 32.1 Å². The standard InChI is InChI=1S/C13H18N2O3/c1-18-10-4-5-12(16)11(8-10)13(17)15-7-6-14-9-2-3-9/h4-5,8-9,14,16H,2-3,6-7H2,1H3,(H,15,17). The van der Waals surface area contributed by atoms with Gasteiger partial charge in [-0.3, -0.25) is 4.79 Å². The molecule has 1 aromatic carbocycles. The van der Waals surface area contributed by atoms with Gasteiger partial charge in [0.15, 0.2) is 0 Å². The fourth-order valence-electron chi connectivity index (χ4n) is 1.66. The van der Waals surface area contributed by atoms with Crippen LogP contribution in [0, 0.1) is 0 Å². The average Bonchev–Trinajstić information content (AvgIpc) is 3.19. The molecule has 0 bridgehead atoms. The Bertz CT molecular complexity index is 430. The third-order valence-corrected chi connectivity index (χ3v) is 2.87. The molecule has 0 aliphatic heterocycles. The Labute approximate surface area is 106 Å². The highest BCUT2D eigenvalue weighted by molar-refractivity contribution is 5.97. The number of benzene rings is 1. The normalized spacial score (nSPS) is 14.3. The Kier molecular flexibility index (Phi) is 4.04. The van der Waals surface area contributed by atoms with E-state index in [1.54, 1.807) is 6.07 Å². The lowest BCUT2D eigenvalue weighted by Gasteiger charge is -2.08. The third-order valence-electron chi connectivity index (χ3n) is 2.87. The van der Waals surface area contributed by atoms with Crippen molar-refractivity contribution in [2.45, 2.75) is 18.9 Å². The summed E-state index contributed by atoms with van der Waals surface area (Å²) in [5.74, 6) is 0.224. The van der Waals surface area contributed by atoms with Gasteiger partial charge in [-0.05, 0) is 31.0 Å². The molecule has 0 radical (unpaired) electrons. The Morgan fingerprint density at radius 2 is 2.22 bits per heavy atom. The SMILES string of the molecule is COc1ccc(O)c(C(=O)NCCNC2CC2)c1. The van der Waals surface area contributed by atoms with Crippen molar-refractivity contribution in [2.24, 2.45) is 0 Å². The summed E-state index contributed by atoms with van der Waals surface area (Å²) in [5.41, 5.74) is 0.237. The predicted molar refractivity (Wildman–Crippen MR) is 68.0 cm³/mol. The number of rotatable bonds is 6. The molecule has 0 heterocycles. The lowest BCUT2D eigenvalue weighted by atomic mass is 10.1. The van der Waals surface area contributed by atoms with Crippen LogP contribution in [0.1, 0.15) is 23.2 Å². The van der Waals surface area contributed by atoms with Crippen LogP contribution in [0.5, 0.6) is 11.5 Å². The van der Waals surface area contributed by atoms with Gasteiger partial charge in [-0.25, -0.2) is 0 Å². The first-order chi connectivity index (χ1) is 8.70. The van der Waals surface area contributed by atoms with Crippen LogP contribution in [0.3, 0.4) is 0 Å². The topological polar surface area (TPSA) is 70.6 Å². The molecular weight excluding hydrogens is 232 g/mol. The van der Waals surface area contributed by atoms with Gasteiger partial charge in [0, 0.05) is 19.1 Å². The molecule has 1 aliphatic carbocycles. The van der Waals surface area contributed by atoms with Crippen LogP contribution in [0.2, 0.25) is 0 Å². The molecule has 0 saturated heterocycles. The van der Waals surface area contributed by atoms with E-state index in [0.29, 0.717) is 18.3 Å². The summed E-state index contributed by atoms with van der Waals surface area (Å²) in [5, 5.41) is 15.7. The molecular formula is C13H18N2O3. The van der Waals surface area contributed by atoms with Crippen molar-refractivity contribution < 1.29 is 14.6 Å². The summed E-state index contributed by atoms with van der Waals surface area (Å²) in [6, 6.07) is 5.22. The predicted octanol–water partition coefficient (Wildman–Crippen LogP) is 0.883. The van der Waals surface area contributed by atoms with Gasteiger partial charge in [-0.1, -0.05) is 0 Å². The second kappa shape index (κ2) is 5.73. The maximum atomic E-state index is 11.8. The van der Waals surface area contributed by atoms with Gasteiger partial charge in [-0.15, -0.1) is 0 Å². The van der Waals surface area contributed by atoms with Crippen LogP contribution in [-0.2, 0) is 0 Å². The molecule has 3 N–H and O–H groups in total. The quantitative estimate of drug-likeness (QED) is 0.656. The van der Waals surface area contributed by atoms with E-state index in [9.17, 15) is 9.90 Å². The van der Waals surface area contributed by atoms with Crippen molar-refractivity contribution in [2.75, 3.05) is 20.2 Å².